The van der Waals surface area contributed by atoms with Gasteiger partial charge in [0.25, 0.3) is 0 Å². The Kier molecular flexibility index (Phi) is 5.20. The van der Waals surface area contributed by atoms with Gasteiger partial charge in [-0.2, -0.15) is 0 Å². The normalized spacial score (nSPS) is 23.6. The summed E-state index contributed by atoms with van der Waals surface area (Å²) >= 11 is 5.52. The summed E-state index contributed by atoms with van der Waals surface area (Å²) in [6, 6.07) is -0.392. The molecule has 1 heterocycles. The molecule has 0 aliphatic carbocycles. The van der Waals surface area contributed by atoms with E-state index in [1.807, 2.05) is 20.8 Å². The third-order valence-corrected chi connectivity index (χ3v) is 3.87. The van der Waals surface area contributed by atoms with Crippen molar-refractivity contribution in [2.75, 3.05) is 6.54 Å². The lowest BCUT2D eigenvalue weighted by Crippen LogP contribution is -2.69. The van der Waals surface area contributed by atoms with Gasteiger partial charge in [0.05, 0.1) is 0 Å². The average molecular weight is 273 g/mol. The number of nitrogens with zero attached hydrogens (tertiary/aromatic N) is 1. The van der Waals surface area contributed by atoms with Crippen LogP contribution in [0.25, 0.3) is 0 Å². The van der Waals surface area contributed by atoms with E-state index in [-0.39, 0.29) is 11.8 Å². The predicted octanol–water partition coefficient (Wildman–Crippen LogP) is 2.03. The van der Waals surface area contributed by atoms with Gasteiger partial charge in [-0.3, -0.25) is 9.59 Å². The molecule has 0 aromatic carbocycles. The molecule has 2 amide bonds. The van der Waals surface area contributed by atoms with Gasteiger partial charge in [-0.15, -0.1) is 0 Å². The molecule has 5 heteroatoms. The first kappa shape index (κ1) is 15.0. The fourth-order valence-electron chi connectivity index (χ4n) is 2.43. The first-order valence-corrected chi connectivity index (χ1v) is 6.88. The standard InChI is InChI=1S/C13H21ClN2O2/c1-4-10-11(17)15-13(5-2,6-3)12(18)16(10)9-7-8-14/h7-8,10H,4-6,9H2,1-3H3,(H,15,17)/b8-7+. The van der Waals surface area contributed by atoms with Gasteiger partial charge in [0.1, 0.15) is 11.6 Å². The van der Waals surface area contributed by atoms with E-state index in [4.69, 9.17) is 11.6 Å². The van der Waals surface area contributed by atoms with Gasteiger partial charge < -0.3 is 10.2 Å². The summed E-state index contributed by atoms with van der Waals surface area (Å²) in [5.41, 5.74) is 0.634. The molecule has 1 rings (SSSR count). The van der Waals surface area contributed by atoms with Crippen molar-refractivity contribution >= 4 is 23.4 Å². The molecule has 0 radical (unpaired) electrons. The first-order chi connectivity index (χ1) is 8.56. The van der Waals surface area contributed by atoms with Gasteiger partial charge in [0.15, 0.2) is 0 Å². The molecule has 0 bridgehead atoms. The van der Waals surface area contributed by atoms with Crippen molar-refractivity contribution in [1.82, 2.24) is 10.2 Å². The number of nitrogens with one attached hydrogen (secondary N) is 1. The molecule has 1 fully saturated rings. The number of amides is 2. The maximum Gasteiger partial charge on any atom is 0.249 e. The largest absolute Gasteiger partial charge is 0.340 e. The molecule has 1 aliphatic heterocycles. The minimum atomic E-state index is -0.747. The Balaban J connectivity index is 3.07. The summed E-state index contributed by atoms with van der Waals surface area (Å²) in [5, 5.41) is 2.90. The van der Waals surface area contributed by atoms with Crippen LogP contribution in [0, 0.1) is 0 Å². The molecule has 1 unspecified atom stereocenters. The van der Waals surface area contributed by atoms with Crippen molar-refractivity contribution in [1.29, 1.82) is 0 Å². The van der Waals surface area contributed by atoms with Crippen LogP contribution >= 0.6 is 11.6 Å². The van der Waals surface area contributed by atoms with Crippen molar-refractivity contribution in [3.05, 3.63) is 11.6 Å². The molecule has 4 nitrogen and oxygen atoms in total. The minimum Gasteiger partial charge on any atom is -0.340 e. The van der Waals surface area contributed by atoms with Gasteiger partial charge in [0, 0.05) is 12.1 Å². The molecule has 0 aromatic heterocycles. The number of hydrogen-bond acceptors (Lipinski definition) is 2. The lowest BCUT2D eigenvalue weighted by molar-refractivity contribution is -0.154. The third kappa shape index (κ3) is 2.53. The summed E-state index contributed by atoms with van der Waals surface area (Å²) in [4.78, 5) is 26.3. The van der Waals surface area contributed by atoms with Crippen molar-refractivity contribution < 1.29 is 9.59 Å². The highest BCUT2D eigenvalue weighted by Crippen LogP contribution is 2.26. The fourth-order valence-corrected chi connectivity index (χ4v) is 2.51. The Bertz CT molecular complexity index is 351. The summed E-state index contributed by atoms with van der Waals surface area (Å²) in [6.45, 7) is 6.13. The van der Waals surface area contributed by atoms with Crippen LogP contribution < -0.4 is 5.32 Å². The Morgan fingerprint density at radius 3 is 2.39 bits per heavy atom. The molecule has 1 atom stereocenters. The van der Waals surface area contributed by atoms with E-state index in [2.05, 4.69) is 5.32 Å². The van der Waals surface area contributed by atoms with Crippen LogP contribution in [-0.2, 0) is 9.59 Å². The zero-order valence-corrected chi connectivity index (χ0v) is 12.0. The van der Waals surface area contributed by atoms with E-state index in [0.29, 0.717) is 25.8 Å². The highest BCUT2D eigenvalue weighted by molar-refractivity contribution is 6.25. The minimum absolute atomic E-state index is 0.00582. The molecular formula is C13H21ClN2O2. The maximum absolute atomic E-state index is 12.6. The van der Waals surface area contributed by atoms with Crippen LogP contribution in [0.2, 0.25) is 0 Å². The molecule has 1 N–H and O–H groups in total. The van der Waals surface area contributed by atoms with Crippen LogP contribution in [0.4, 0.5) is 0 Å². The second kappa shape index (κ2) is 6.23. The van der Waals surface area contributed by atoms with Gasteiger partial charge in [0.2, 0.25) is 11.8 Å². The van der Waals surface area contributed by atoms with E-state index >= 15 is 0 Å². The SMILES string of the molecule is CCC1C(=O)NC(CC)(CC)C(=O)N1C/C=C/Cl. The summed E-state index contributed by atoms with van der Waals surface area (Å²) < 4.78 is 0. The Morgan fingerprint density at radius 1 is 1.33 bits per heavy atom. The molecule has 0 aromatic rings. The first-order valence-electron chi connectivity index (χ1n) is 6.44. The number of carbonyl (C=O) groups excluding carboxylic acids is 2. The lowest BCUT2D eigenvalue weighted by Gasteiger charge is -2.45. The Hall–Kier alpha value is -1.03. The van der Waals surface area contributed by atoms with Crippen LogP contribution in [-0.4, -0.2) is 34.8 Å². The van der Waals surface area contributed by atoms with Gasteiger partial charge in [-0.1, -0.05) is 38.4 Å². The maximum atomic E-state index is 12.6. The Labute approximate surface area is 113 Å². The van der Waals surface area contributed by atoms with Crippen LogP contribution in [0.5, 0.6) is 0 Å². The van der Waals surface area contributed by atoms with Crippen molar-refractivity contribution in [2.45, 2.75) is 51.6 Å². The average Bonchev–Trinajstić information content (AvgIpc) is 2.39. The predicted molar refractivity (Wildman–Crippen MR) is 72.2 cm³/mol. The van der Waals surface area contributed by atoms with E-state index in [1.54, 1.807) is 11.0 Å². The molecule has 18 heavy (non-hydrogen) atoms. The van der Waals surface area contributed by atoms with Crippen LogP contribution in [0.1, 0.15) is 40.0 Å². The summed E-state index contributed by atoms with van der Waals surface area (Å²) in [7, 11) is 0. The molecule has 0 spiro atoms. The second-order valence-electron chi connectivity index (χ2n) is 4.52. The van der Waals surface area contributed by atoms with Gasteiger partial charge in [-0.05, 0) is 19.3 Å². The highest BCUT2D eigenvalue weighted by atomic mass is 35.5. The molecular weight excluding hydrogens is 252 g/mol. The number of hydrogen-bond donors (Lipinski definition) is 1. The van der Waals surface area contributed by atoms with Gasteiger partial charge in [-0.25, -0.2) is 0 Å². The third-order valence-electron chi connectivity index (χ3n) is 3.70. The van der Waals surface area contributed by atoms with E-state index in [9.17, 15) is 9.59 Å². The lowest BCUT2D eigenvalue weighted by atomic mass is 9.86. The summed E-state index contributed by atoms with van der Waals surface area (Å²) in [6.07, 6.45) is 3.51. The fraction of sp³-hybridized carbons (Fsp3) is 0.692. The van der Waals surface area contributed by atoms with Gasteiger partial charge >= 0.3 is 0 Å². The molecule has 0 saturated carbocycles. The van der Waals surface area contributed by atoms with Crippen molar-refractivity contribution in [3.8, 4) is 0 Å². The molecule has 102 valence electrons. The summed E-state index contributed by atoms with van der Waals surface area (Å²) in [5.74, 6) is -0.0718. The second-order valence-corrected chi connectivity index (χ2v) is 4.77. The quantitative estimate of drug-likeness (QED) is 0.833. The Morgan fingerprint density at radius 2 is 1.94 bits per heavy atom. The highest BCUT2D eigenvalue weighted by Gasteiger charge is 2.47. The smallest absolute Gasteiger partial charge is 0.249 e. The van der Waals surface area contributed by atoms with Crippen LogP contribution in [0.15, 0.2) is 11.6 Å². The number of rotatable bonds is 5. The monoisotopic (exact) mass is 272 g/mol. The van der Waals surface area contributed by atoms with Crippen LogP contribution in [0.3, 0.4) is 0 Å². The van der Waals surface area contributed by atoms with Crippen molar-refractivity contribution in [3.63, 3.8) is 0 Å². The van der Waals surface area contributed by atoms with E-state index < -0.39 is 11.6 Å². The van der Waals surface area contributed by atoms with Crippen molar-refractivity contribution in [2.24, 2.45) is 0 Å². The molecule has 1 aliphatic rings. The number of halogens is 1. The molecule has 1 saturated heterocycles. The number of piperazine rings is 1. The topological polar surface area (TPSA) is 49.4 Å². The van der Waals surface area contributed by atoms with E-state index in [0.717, 1.165) is 0 Å². The number of carbonyl (C=O) groups is 2. The zero-order chi connectivity index (χ0) is 13.8. The zero-order valence-electron chi connectivity index (χ0n) is 11.2. The van der Waals surface area contributed by atoms with E-state index in [1.165, 1.54) is 5.54 Å².